The van der Waals surface area contributed by atoms with E-state index in [1.165, 1.54) is 47.1 Å². The Bertz CT molecular complexity index is 1020. The molecule has 0 aromatic heterocycles. The molecule has 32 heavy (non-hydrogen) atoms. The van der Waals surface area contributed by atoms with Crippen LogP contribution in [0.2, 0.25) is 0 Å². The van der Waals surface area contributed by atoms with Crippen molar-refractivity contribution in [2.24, 2.45) is 0 Å². The first-order valence-corrected chi connectivity index (χ1v) is 12.4. The smallest absolute Gasteiger partial charge is 0.283 e. The summed E-state index contributed by atoms with van der Waals surface area (Å²) >= 11 is 1.40. The molecule has 0 bridgehead atoms. The van der Waals surface area contributed by atoms with Crippen molar-refractivity contribution in [3.63, 3.8) is 0 Å². The molecule has 2 aromatic carbocycles. The molecule has 0 saturated heterocycles. The summed E-state index contributed by atoms with van der Waals surface area (Å²) in [6.07, 6.45) is 5.71. The van der Waals surface area contributed by atoms with E-state index in [9.17, 15) is 9.59 Å². The number of aryl methyl sites for hydroxylation is 1. The maximum Gasteiger partial charge on any atom is 0.283 e. The Hall–Kier alpha value is -2.53. The van der Waals surface area contributed by atoms with E-state index in [-0.39, 0.29) is 11.8 Å². The van der Waals surface area contributed by atoms with E-state index in [0.717, 1.165) is 17.7 Å². The number of carbonyl (C=O) groups is 2. The van der Waals surface area contributed by atoms with E-state index in [4.69, 9.17) is 0 Å². The minimum atomic E-state index is -0.226. The van der Waals surface area contributed by atoms with Crippen molar-refractivity contribution in [3.8, 4) is 0 Å². The van der Waals surface area contributed by atoms with Crippen LogP contribution < -0.4 is 4.90 Å². The molecule has 2 aliphatic rings. The van der Waals surface area contributed by atoms with Crippen LogP contribution in [-0.4, -0.2) is 29.8 Å². The van der Waals surface area contributed by atoms with E-state index < -0.39 is 0 Å². The van der Waals surface area contributed by atoms with Gasteiger partial charge in [-0.1, -0.05) is 74.7 Å². The third kappa shape index (κ3) is 4.49. The third-order valence-corrected chi connectivity index (χ3v) is 7.63. The maximum absolute atomic E-state index is 13.7. The molecule has 1 heterocycles. The second-order valence-corrected chi connectivity index (χ2v) is 10.3. The summed E-state index contributed by atoms with van der Waals surface area (Å²) in [5.41, 5.74) is 3.54. The zero-order valence-corrected chi connectivity index (χ0v) is 20.2. The van der Waals surface area contributed by atoms with Crippen LogP contribution in [0.3, 0.4) is 0 Å². The standard InChI is InChI=1S/C27H32N2O2S/c1-18(2)20-12-14-22(15-13-20)29-26(30)24(28(4)21-8-6-5-7-9-21)25(27(29)31)32-23-16-10-19(3)11-17-23/h10-18,21H,5-9H2,1-4H3. The number of anilines is 1. The molecule has 0 spiro atoms. The normalized spacial score (nSPS) is 17.6. The first-order chi connectivity index (χ1) is 15.4. The topological polar surface area (TPSA) is 40.6 Å². The Balaban J connectivity index is 1.70. The molecule has 1 aliphatic heterocycles. The lowest BCUT2D eigenvalue weighted by Gasteiger charge is -2.33. The fourth-order valence-corrected chi connectivity index (χ4v) is 5.53. The van der Waals surface area contributed by atoms with Gasteiger partial charge in [-0.3, -0.25) is 9.59 Å². The van der Waals surface area contributed by atoms with Gasteiger partial charge in [-0.15, -0.1) is 0 Å². The van der Waals surface area contributed by atoms with Gasteiger partial charge in [0.2, 0.25) is 0 Å². The van der Waals surface area contributed by atoms with Crippen molar-refractivity contribution in [2.75, 3.05) is 11.9 Å². The maximum atomic E-state index is 13.7. The van der Waals surface area contributed by atoms with E-state index in [1.54, 1.807) is 0 Å². The van der Waals surface area contributed by atoms with Crippen molar-refractivity contribution < 1.29 is 9.59 Å². The Labute approximate surface area is 195 Å². The van der Waals surface area contributed by atoms with Gasteiger partial charge in [-0.2, -0.15) is 0 Å². The van der Waals surface area contributed by atoms with Crippen LogP contribution in [0, 0.1) is 6.92 Å². The molecule has 0 N–H and O–H groups in total. The molecular formula is C27H32N2O2S. The van der Waals surface area contributed by atoms with Gasteiger partial charge in [0.05, 0.1) is 5.69 Å². The lowest BCUT2D eigenvalue weighted by atomic mass is 9.94. The third-order valence-electron chi connectivity index (χ3n) is 6.55. The average Bonchev–Trinajstić information content (AvgIpc) is 3.04. The van der Waals surface area contributed by atoms with Crippen molar-refractivity contribution >= 4 is 29.3 Å². The zero-order chi connectivity index (χ0) is 22.8. The van der Waals surface area contributed by atoms with Crippen LogP contribution >= 0.6 is 11.8 Å². The molecule has 0 unspecified atom stereocenters. The summed E-state index contributed by atoms with van der Waals surface area (Å²) in [6, 6.07) is 16.2. The Morgan fingerprint density at radius 1 is 0.906 bits per heavy atom. The molecule has 4 nitrogen and oxygen atoms in total. The molecule has 5 heteroatoms. The SMILES string of the molecule is Cc1ccc(SC2=C(N(C)C3CCCCC3)C(=O)N(c3ccc(C(C)C)cc3)C2=O)cc1. The molecule has 0 atom stereocenters. The summed E-state index contributed by atoms with van der Waals surface area (Å²) in [7, 11) is 1.98. The Morgan fingerprint density at radius 2 is 1.53 bits per heavy atom. The van der Waals surface area contributed by atoms with Crippen molar-refractivity contribution in [2.45, 2.75) is 69.7 Å². The van der Waals surface area contributed by atoms with Crippen molar-refractivity contribution in [1.29, 1.82) is 0 Å². The van der Waals surface area contributed by atoms with Crippen LogP contribution in [0.25, 0.3) is 0 Å². The quantitative estimate of drug-likeness (QED) is 0.489. The molecule has 1 saturated carbocycles. The highest BCUT2D eigenvalue weighted by Gasteiger charge is 2.43. The molecular weight excluding hydrogens is 416 g/mol. The van der Waals surface area contributed by atoms with Gasteiger partial charge in [0.25, 0.3) is 11.8 Å². The highest BCUT2D eigenvalue weighted by molar-refractivity contribution is 8.04. The number of amides is 2. The number of hydrogen-bond acceptors (Lipinski definition) is 4. The van der Waals surface area contributed by atoms with Gasteiger partial charge in [0.1, 0.15) is 10.6 Å². The van der Waals surface area contributed by atoms with Gasteiger partial charge < -0.3 is 4.90 Å². The van der Waals surface area contributed by atoms with E-state index >= 15 is 0 Å². The van der Waals surface area contributed by atoms with Crippen LogP contribution in [0.15, 0.2) is 64.0 Å². The monoisotopic (exact) mass is 448 g/mol. The fraction of sp³-hybridized carbons (Fsp3) is 0.407. The minimum absolute atomic E-state index is 0.213. The summed E-state index contributed by atoms with van der Waals surface area (Å²) in [6.45, 7) is 6.31. The Morgan fingerprint density at radius 3 is 2.12 bits per heavy atom. The summed E-state index contributed by atoms with van der Waals surface area (Å²) < 4.78 is 0. The molecule has 1 aliphatic carbocycles. The van der Waals surface area contributed by atoms with E-state index in [0.29, 0.717) is 28.2 Å². The number of imide groups is 1. The predicted molar refractivity (Wildman–Crippen MR) is 132 cm³/mol. The first kappa shape index (κ1) is 22.7. The number of rotatable bonds is 6. The number of nitrogens with zero attached hydrogens (tertiary/aromatic N) is 2. The lowest BCUT2D eigenvalue weighted by Crippen LogP contribution is -2.38. The number of carbonyl (C=O) groups excluding carboxylic acids is 2. The minimum Gasteiger partial charge on any atom is -0.366 e. The predicted octanol–water partition coefficient (Wildman–Crippen LogP) is 6.26. The largest absolute Gasteiger partial charge is 0.366 e. The number of hydrogen-bond donors (Lipinski definition) is 0. The number of thioether (sulfide) groups is 1. The highest BCUT2D eigenvalue weighted by atomic mass is 32.2. The highest BCUT2D eigenvalue weighted by Crippen LogP contribution is 2.40. The van der Waals surface area contributed by atoms with Crippen molar-refractivity contribution in [1.82, 2.24) is 4.90 Å². The average molecular weight is 449 g/mol. The molecule has 2 aromatic rings. The fourth-order valence-electron chi connectivity index (χ4n) is 4.52. The lowest BCUT2D eigenvalue weighted by molar-refractivity contribution is -0.121. The second kappa shape index (κ2) is 9.53. The molecule has 0 radical (unpaired) electrons. The van der Waals surface area contributed by atoms with Gasteiger partial charge in [0.15, 0.2) is 0 Å². The van der Waals surface area contributed by atoms with Gasteiger partial charge in [-0.05, 0) is 55.5 Å². The molecule has 168 valence electrons. The van der Waals surface area contributed by atoms with Gasteiger partial charge >= 0.3 is 0 Å². The van der Waals surface area contributed by atoms with Gasteiger partial charge in [-0.25, -0.2) is 4.90 Å². The van der Waals surface area contributed by atoms with E-state index in [2.05, 4.69) is 18.7 Å². The molecule has 4 rings (SSSR count). The van der Waals surface area contributed by atoms with Crippen molar-refractivity contribution in [3.05, 3.63) is 70.3 Å². The van der Waals surface area contributed by atoms with E-state index in [1.807, 2.05) is 62.5 Å². The van der Waals surface area contributed by atoms with Crippen LogP contribution in [0.1, 0.15) is 63.0 Å². The van der Waals surface area contributed by atoms with Crippen LogP contribution in [-0.2, 0) is 9.59 Å². The van der Waals surface area contributed by atoms with Gasteiger partial charge in [0, 0.05) is 18.0 Å². The zero-order valence-electron chi connectivity index (χ0n) is 19.4. The summed E-state index contributed by atoms with van der Waals surface area (Å²) in [4.78, 5) is 32.2. The molecule has 1 fully saturated rings. The summed E-state index contributed by atoms with van der Waals surface area (Å²) in [5.74, 6) is -0.0432. The Kier molecular flexibility index (Phi) is 6.75. The second-order valence-electron chi connectivity index (χ2n) is 9.19. The van der Waals surface area contributed by atoms with Crippen LogP contribution in [0.4, 0.5) is 5.69 Å². The first-order valence-electron chi connectivity index (χ1n) is 11.6. The number of benzene rings is 2. The summed E-state index contributed by atoms with van der Waals surface area (Å²) in [5, 5.41) is 0. The molecule has 2 amide bonds. The number of likely N-dealkylation sites (N-methyl/N-ethyl adjacent to an activating group) is 1. The van der Waals surface area contributed by atoms with Crippen LogP contribution in [0.5, 0.6) is 0 Å².